The molecule has 0 aromatic heterocycles. The molecule has 1 aliphatic heterocycles. The number of carbonyl (C=O) groups excluding carboxylic acids is 2. The molecule has 3 rings (SSSR count). The van der Waals surface area contributed by atoms with Crippen molar-refractivity contribution in [2.45, 2.75) is 64.0 Å². The lowest BCUT2D eigenvalue weighted by molar-refractivity contribution is -0.148. The summed E-state index contributed by atoms with van der Waals surface area (Å²) < 4.78 is 5.46. The topological polar surface area (TPSA) is 46.6 Å². The van der Waals surface area contributed by atoms with Gasteiger partial charge in [-0.2, -0.15) is 0 Å². The minimum absolute atomic E-state index is 0.0255. The first kappa shape index (κ1) is 17.0. The van der Waals surface area contributed by atoms with Crippen molar-refractivity contribution in [3.8, 4) is 0 Å². The van der Waals surface area contributed by atoms with Crippen molar-refractivity contribution >= 4 is 11.9 Å². The van der Waals surface area contributed by atoms with Gasteiger partial charge in [-0.1, -0.05) is 44.4 Å². The Kier molecular flexibility index (Phi) is 5.54. The largest absolute Gasteiger partial charge is 0.464 e. The Morgan fingerprint density at radius 1 is 1.17 bits per heavy atom. The molecule has 2 fully saturated rings. The second-order valence-corrected chi connectivity index (χ2v) is 6.96. The van der Waals surface area contributed by atoms with Crippen LogP contribution in [0.25, 0.3) is 0 Å². The molecule has 3 unspecified atom stereocenters. The first-order valence-electron chi connectivity index (χ1n) is 9.26. The summed E-state index contributed by atoms with van der Waals surface area (Å²) in [7, 11) is 0. The zero-order valence-corrected chi connectivity index (χ0v) is 14.4. The molecule has 0 bridgehead atoms. The van der Waals surface area contributed by atoms with E-state index in [9.17, 15) is 9.59 Å². The molecular weight excluding hydrogens is 302 g/mol. The third-order valence-corrected chi connectivity index (χ3v) is 5.36. The van der Waals surface area contributed by atoms with Gasteiger partial charge in [0, 0.05) is 11.6 Å². The molecule has 24 heavy (non-hydrogen) atoms. The molecule has 0 N–H and O–H groups in total. The molecule has 0 radical (unpaired) electrons. The van der Waals surface area contributed by atoms with Crippen LogP contribution in [0.4, 0.5) is 0 Å². The van der Waals surface area contributed by atoms with Crippen LogP contribution in [0.3, 0.4) is 0 Å². The van der Waals surface area contributed by atoms with E-state index in [1.165, 1.54) is 6.42 Å². The highest BCUT2D eigenvalue weighted by Crippen LogP contribution is 2.40. The average molecular weight is 329 g/mol. The number of carbonyl (C=O) groups is 2. The van der Waals surface area contributed by atoms with Crippen molar-refractivity contribution in [1.82, 2.24) is 4.90 Å². The fourth-order valence-corrected chi connectivity index (χ4v) is 4.11. The smallest absolute Gasteiger partial charge is 0.328 e. The molecule has 1 saturated carbocycles. The van der Waals surface area contributed by atoms with Gasteiger partial charge in [0.2, 0.25) is 0 Å². The molecule has 1 aliphatic carbocycles. The van der Waals surface area contributed by atoms with Crippen LogP contribution in [-0.4, -0.2) is 35.5 Å². The van der Waals surface area contributed by atoms with Crippen molar-refractivity contribution in [2.75, 3.05) is 6.61 Å². The Balaban J connectivity index is 1.80. The van der Waals surface area contributed by atoms with E-state index in [1.807, 2.05) is 35.2 Å². The van der Waals surface area contributed by atoms with Gasteiger partial charge in [-0.05, 0) is 43.7 Å². The number of benzene rings is 1. The van der Waals surface area contributed by atoms with E-state index in [4.69, 9.17) is 4.74 Å². The maximum Gasteiger partial charge on any atom is 0.328 e. The second-order valence-electron chi connectivity index (χ2n) is 6.96. The third-order valence-electron chi connectivity index (χ3n) is 5.36. The summed E-state index contributed by atoms with van der Waals surface area (Å²) in [5.74, 6) is 0.194. The van der Waals surface area contributed by atoms with Gasteiger partial charge in [0.25, 0.3) is 5.91 Å². The molecule has 1 saturated heterocycles. The number of fused-ring (bicyclic) bond motifs is 1. The molecule has 1 amide bonds. The zero-order valence-electron chi connectivity index (χ0n) is 14.4. The van der Waals surface area contributed by atoms with Crippen molar-refractivity contribution < 1.29 is 14.3 Å². The normalized spacial score (nSPS) is 26.0. The van der Waals surface area contributed by atoms with Crippen molar-refractivity contribution in [2.24, 2.45) is 5.92 Å². The van der Waals surface area contributed by atoms with Crippen LogP contribution >= 0.6 is 0 Å². The Bertz CT molecular complexity index is 572. The van der Waals surface area contributed by atoms with E-state index < -0.39 is 6.04 Å². The number of nitrogens with zero attached hydrogens (tertiary/aromatic N) is 1. The van der Waals surface area contributed by atoms with Gasteiger partial charge in [-0.25, -0.2) is 4.79 Å². The monoisotopic (exact) mass is 329 g/mol. The average Bonchev–Trinajstić information content (AvgIpc) is 3.01. The molecule has 4 heteroatoms. The predicted octanol–water partition coefficient (Wildman–Crippen LogP) is 3.80. The third kappa shape index (κ3) is 3.47. The summed E-state index contributed by atoms with van der Waals surface area (Å²) >= 11 is 0. The van der Waals surface area contributed by atoms with Crippen LogP contribution in [0.15, 0.2) is 30.3 Å². The molecule has 3 atom stereocenters. The van der Waals surface area contributed by atoms with Gasteiger partial charge in [0.15, 0.2) is 0 Å². The number of esters is 1. The summed E-state index contributed by atoms with van der Waals surface area (Å²) in [5, 5.41) is 0. The van der Waals surface area contributed by atoms with Crippen LogP contribution in [0.1, 0.15) is 62.2 Å². The van der Waals surface area contributed by atoms with E-state index >= 15 is 0 Å². The van der Waals surface area contributed by atoms with Gasteiger partial charge in [-0.3, -0.25) is 4.79 Å². The zero-order chi connectivity index (χ0) is 16.9. The lowest BCUT2D eigenvalue weighted by Crippen LogP contribution is -2.46. The number of ether oxygens (including phenoxy) is 1. The number of rotatable bonds is 5. The highest BCUT2D eigenvalue weighted by Gasteiger charge is 2.48. The summed E-state index contributed by atoms with van der Waals surface area (Å²) in [4.78, 5) is 27.5. The van der Waals surface area contributed by atoms with Gasteiger partial charge in [0.1, 0.15) is 6.04 Å². The molecule has 1 aromatic carbocycles. The number of unbranched alkanes of at least 4 members (excludes halogenated alkanes) is 1. The standard InChI is InChI=1S/C20H27NO3/c1-2-3-13-24-20(23)18-14-16-11-7-8-12-17(16)21(18)19(22)15-9-5-4-6-10-15/h4-6,9-10,16-18H,2-3,7-8,11-14H2,1H3. The number of likely N-dealkylation sites (tertiary alicyclic amines) is 1. The number of hydrogen-bond donors (Lipinski definition) is 0. The first-order chi connectivity index (χ1) is 11.7. The van der Waals surface area contributed by atoms with Crippen molar-refractivity contribution in [3.63, 3.8) is 0 Å². The quantitative estimate of drug-likeness (QED) is 0.610. The summed E-state index contributed by atoms with van der Waals surface area (Å²) in [5.41, 5.74) is 0.662. The van der Waals surface area contributed by atoms with Gasteiger partial charge < -0.3 is 9.64 Å². The second kappa shape index (κ2) is 7.82. The molecule has 2 aliphatic rings. The highest BCUT2D eigenvalue weighted by atomic mass is 16.5. The summed E-state index contributed by atoms with van der Waals surface area (Å²) in [6.45, 7) is 2.53. The van der Waals surface area contributed by atoms with Crippen LogP contribution < -0.4 is 0 Å². The molecule has 0 spiro atoms. The van der Waals surface area contributed by atoms with Crippen LogP contribution in [-0.2, 0) is 9.53 Å². The minimum atomic E-state index is -0.414. The van der Waals surface area contributed by atoms with Crippen LogP contribution in [0, 0.1) is 5.92 Å². The van der Waals surface area contributed by atoms with Gasteiger partial charge in [0.05, 0.1) is 6.61 Å². The Morgan fingerprint density at radius 3 is 2.67 bits per heavy atom. The minimum Gasteiger partial charge on any atom is -0.464 e. The van der Waals surface area contributed by atoms with E-state index in [1.54, 1.807) is 0 Å². The summed E-state index contributed by atoms with van der Waals surface area (Å²) in [6, 6.07) is 9.08. The van der Waals surface area contributed by atoms with Crippen LogP contribution in [0.2, 0.25) is 0 Å². The van der Waals surface area contributed by atoms with E-state index in [0.717, 1.165) is 38.5 Å². The lowest BCUT2D eigenvalue weighted by atomic mass is 9.84. The Labute approximate surface area is 144 Å². The SMILES string of the molecule is CCCCOC(=O)C1CC2CCCCC2N1C(=O)c1ccccc1. The molecule has 4 nitrogen and oxygen atoms in total. The molecule has 1 aromatic rings. The lowest BCUT2D eigenvalue weighted by Gasteiger charge is -2.33. The highest BCUT2D eigenvalue weighted by molar-refractivity contribution is 5.97. The fraction of sp³-hybridized carbons (Fsp3) is 0.600. The molecular formula is C20H27NO3. The first-order valence-corrected chi connectivity index (χ1v) is 9.26. The van der Waals surface area contributed by atoms with E-state index in [2.05, 4.69) is 6.92 Å². The van der Waals surface area contributed by atoms with E-state index in [0.29, 0.717) is 18.1 Å². The van der Waals surface area contributed by atoms with E-state index in [-0.39, 0.29) is 17.9 Å². The summed E-state index contributed by atoms with van der Waals surface area (Å²) in [6.07, 6.45) is 7.08. The maximum atomic E-state index is 13.1. The van der Waals surface area contributed by atoms with Gasteiger partial charge >= 0.3 is 5.97 Å². The molecule has 130 valence electrons. The fourth-order valence-electron chi connectivity index (χ4n) is 4.11. The number of amides is 1. The van der Waals surface area contributed by atoms with Gasteiger partial charge in [-0.15, -0.1) is 0 Å². The molecule has 1 heterocycles. The van der Waals surface area contributed by atoms with Crippen molar-refractivity contribution in [3.05, 3.63) is 35.9 Å². The van der Waals surface area contributed by atoms with Crippen LogP contribution in [0.5, 0.6) is 0 Å². The Morgan fingerprint density at radius 2 is 1.92 bits per heavy atom. The van der Waals surface area contributed by atoms with Crippen molar-refractivity contribution in [1.29, 1.82) is 0 Å². The predicted molar refractivity (Wildman–Crippen MR) is 92.6 cm³/mol. The number of hydrogen-bond acceptors (Lipinski definition) is 3. The maximum absolute atomic E-state index is 13.1. The Hall–Kier alpha value is -1.84.